The lowest BCUT2D eigenvalue weighted by atomic mass is 10.0. The third-order valence-corrected chi connectivity index (χ3v) is 3.72. The van der Waals surface area contributed by atoms with Crippen LogP contribution >= 0.6 is 11.8 Å². The number of rotatable bonds is 4. The number of aryl methyl sites for hydroxylation is 3. The molecule has 1 unspecified atom stereocenters. The van der Waals surface area contributed by atoms with Crippen LogP contribution in [0.4, 0.5) is 0 Å². The summed E-state index contributed by atoms with van der Waals surface area (Å²) in [4.78, 5) is 0. The normalized spacial score (nSPS) is 12.9. The molecule has 0 fully saturated rings. The predicted molar refractivity (Wildman–Crippen MR) is 70.5 cm³/mol. The van der Waals surface area contributed by atoms with E-state index in [-0.39, 0.29) is 0 Å². The van der Waals surface area contributed by atoms with E-state index < -0.39 is 0 Å². The van der Waals surface area contributed by atoms with Crippen LogP contribution in [0.5, 0.6) is 0 Å². The van der Waals surface area contributed by atoms with Crippen LogP contribution in [0.1, 0.15) is 29.2 Å². The second-order valence-corrected chi connectivity index (χ2v) is 5.40. The van der Waals surface area contributed by atoms with Gasteiger partial charge in [0.2, 0.25) is 0 Å². The molecule has 1 aromatic carbocycles. The van der Waals surface area contributed by atoms with Crippen LogP contribution in [0.15, 0.2) is 12.1 Å². The van der Waals surface area contributed by atoms with Gasteiger partial charge in [0, 0.05) is 17.5 Å². The molecule has 2 N–H and O–H groups in total. The predicted octanol–water partition coefficient (Wildman–Crippen LogP) is 3.19. The zero-order valence-electron chi connectivity index (χ0n) is 10.1. The maximum absolute atomic E-state index is 5.74. The second kappa shape index (κ2) is 5.57. The minimum atomic E-state index is 0.293. The second-order valence-electron chi connectivity index (χ2n) is 4.37. The van der Waals surface area contributed by atoms with Crippen molar-refractivity contribution >= 4 is 11.8 Å². The number of benzene rings is 1. The first kappa shape index (κ1) is 12.6. The van der Waals surface area contributed by atoms with Crippen LogP contribution in [-0.4, -0.2) is 11.8 Å². The summed E-state index contributed by atoms with van der Waals surface area (Å²) in [7, 11) is 0. The van der Waals surface area contributed by atoms with Gasteiger partial charge in [-0.1, -0.05) is 17.7 Å². The van der Waals surface area contributed by atoms with Gasteiger partial charge in [-0.25, -0.2) is 0 Å². The Morgan fingerprint density at radius 2 is 1.73 bits per heavy atom. The Labute approximate surface area is 97.4 Å². The maximum atomic E-state index is 5.74. The molecule has 0 radical (unpaired) electrons. The fraction of sp³-hybridized carbons (Fsp3) is 0.538. The molecular weight excluding hydrogens is 202 g/mol. The smallest absolute Gasteiger partial charge is 0.0190 e. The van der Waals surface area contributed by atoms with Gasteiger partial charge in [-0.15, -0.1) is 0 Å². The molecule has 1 aromatic rings. The highest BCUT2D eigenvalue weighted by atomic mass is 32.2. The standard InChI is InChI=1S/C13H21NS/c1-9-5-10(2)13(11(3)6-9)8-15-7-12(4)14/h5-6,12H,7-8,14H2,1-4H3. The van der Waals surface area contributed by atoms with Crippen molar-refractivity contribution in [1.82, 2.24) is 0 Å². The summed E-state index contributed by atoms with van der Waals surface area (Å²) in [5, 5.41) is 0. The molecule has 2 heteroatoms. The van der Waals surface area contributed by atoms with E-state index in [1.807, 2.05) is 11.8 Å². The van der Waals surface area contributed by atoms with E-state index in [0.717, 1.165) is 11.5 Å². The molecular formula is C13H21NS. The third kappa shape index (κ3) is 3.88. The Hall–Kier alpha value is -0.470. The summed E-state index contributed by atoms with van der Waals surface area (Å²) in [6.07, 6.45) is 0. The summed E-state index contributed by atoms with van der Waals surface area (Å²) in [6, 6.07) is 4.81. The molecule has 0 spiro atoms. The van der Waals surface area contributed by atoms with Crippen LogP contribution in [-0.2, 0) is 5.75 Å². The van der Waals surface area contributed by atoms with Crippen LogP contribution in [0, 0.1) is 20.8 Å². The van der Waals surface area contributed by atoms with Gasteiger partial charge < -0.3 is 5.73 Å². The first-order valence-electron chi connectivity index (χ1n) is 5.40. The summed E-state index contributed by atoms with van der Waals surface area (Å²) in [5.74, 6) is 2.12. The molecule has 0 aliphatic rings. The molecule has 0 amide bonds. The molecule has 0 saturated carbocycles. The van der Waals surface area contributed by atoms with Crippen LogP contribution in [0.3, 0.4) is 0 Å². The Morgan fingerprint density at radius 1 is 1.20 bits per heavy atom. The molecule has 0 saturated heterocycles. The molecule has 1 atom stereocenters. The average Bonchev–Trinajstić information content (AvgIpc) is 2.08. The number of hydrogen-bond acceptors (Lipinski definition) is 2. The topological polar surface area (TPSA) is 26.0 Å². The molecule has 0 aliphatic heterocycles. The molecule has 0 bridgehead atoms. The monoisotopic (exact) mass is 223 g/mol. The number of hydrogen-bond donors (Lipinski definition) is 1. The van der Waals surface area contributed by atoms with Crippen molar-refractivity contribution in [3.05, 3.63) is 34.4 Å². The Bertz CT molecular complexity index is 308. The van der Waals surface area contributed by atoms with E-state index in [1.54, 1.807) is 0 Å². The summed E-state index contributed by atoms with van der Waals surface area (Å²) in [6.45, 7) is 8.60. The van der Waals surface area contributed by atoms with Gasteiger partial charge in [-0.2, -0.15) is 11.8 Å². The van der Waals surface area contributed by atoms with Crippen molar-refractivity contribution in [1.29, 1.82) is 0 Å². The highest BCUT2D eigenvalue weighted by Crippen LogP contribution is 2.21. The summed E-state index contributed by atoms with van der Waals surface area (Å²) in [5.41, 5.74) is 11.4. The van der Waals surface area contributed by atoms with Crippen molar-refractivity contribution < 1.29 is 0 Å². The highest BCUT2D eigenvalue weighted by Gasteiger charge is 2.04. The molecule has 15 heavy (non-hydrogen) atoms. The summed E-state index contributed by atoms with van der Waals surface area (Å²) < 4.78 is 0. The lowest BCUT2D eigenvalue weighted by Crippen LogP contribution is -2.17. The van der Waals surface area contributed by atoms with E-state index in [0.29, 0.717) is 6.04 Å². The van der Waals surface area contributed by atoms with Gasteiger partial charge in [-0.05, 0) is 44.4 Å². The van der Waals surface area contributed by atoms with E-state index in [1.165, 1.54) is 22.3 Å². The number of thioether (sulfide) groups is 1. The van der Waals surface area contributed by atoms with E-state index in [2.05, 4.69) is 39.8 Å². The largest absolute Gasteiger partial charge is 0.327 e. The Balaban J connectivity index is 2.68. The lowest BCUT2D eigenvalue weighted by Gasteiger charge is -2.11. The highest BCUT2D eigenvalue weighted by molar-refractivity contribution is 7.98. The first-order chi connectivity index (χ1) is 7.00. The fourth-order valence-electron chi connectivity index (χ4n) is 1.78. The summed E-state index contributed by atoms with van der Waals surface area (Å²) >= 11 is 1.92. The molecule has 1 nitrogen and oxygen atoms in total. The van der Waals surface area contributed by atoms with Crippen molar-refractivity contribution in [2.75, 3.05) is 5.75 Å². The zero-order chi connectivity index (χ0) is 11.4. The van der Waals surface area contributed by atoms with Gasteiger partial charge in [-0.3, -0.25) is 0 Å². The van der Waals surface area contributed by atoms with E-state index in [4.69, 9.17) is 5.73 Å². The van der Waals surface area contributed by atoms with Gasteiger partial charge in [0.05, 0.1) is 0 Å². The number of nitrogens with two attached hydrogens (primary N) is 1. The first-order valence-corrected chi connectivity index (χ1v) is 6.56. The lowest BCUT2D eigenvalue weighted by molar-refractivity contribution is 0.847. The van der Waals surface area contributed by atoms with Crippen molar-refractivity contribution in [2.45, 2.75) is 39.5 Å². The van der Waals surface area contributed by atoms with Gasteiger partial charge in [0.25, 0.3) is 0 Å². The molecule has 1 rings (SSSR count). The quantitative estimate of drug-likeness (QED) is 0.848. The third-order valence-electron chi connectivity index (χ3n) is 2.47. The maximum Gasteiger partial charge on any atom is 0.0190 e. The van der Waals surface area contributed by atoms with Gasteiger partial charge >= 0.3 is 0 Å². The molecule has 84 valence electrons. The molecule has 0 aliphatic carbocycles. The van der Waals surface area contributed by atoms with E-state index in [9.17, 15) is 0 Å². The van der Waals surface area contributed by atoms with Crippen molar-refractivity contribution in [2.24, 2.45) is 5.73 Å². The minimum Gasteiger partial charge on any atom is -0.327 e. The van der Waals surface area contributed by atoms with Gasteiger partial charge in [0.15, 0.2) is 0 Å². The Kier molecular flexibility index (Phi) is 4.68. The van der Waals surface area contributed by atoms with Crippen LogP contribution in [0.2, 0.25) is 0 Å². The van der Waals surface area contributed by atoms with Gasteiger partial charge in [0.1, 0.15) is 0 Å². The van der Waals surface area contributed by atoms with E-state index >= 15 is 0 Å². The van der Waals surface area contributed by atoms with Crippen molar-refractivity contribution in [3.8, 4) is 0 Å². The molecule has 0 heterocycles. The van der Waals surface area contributed by atoms with Crippen LogP contribution in [0.25, 0.3) is 0 Å². The van der Waals surface area contributed by atoms with Crippen molar-refractivity contribution in [3.63, 3.8) is 0 Å². The average molecular weight is 223 g/mol. The molecule has 0 aromatic heterocycles. The zero-order valence-corrected chi connectivity index (χ0v) is 10.9. The van der Waals surface area contributed by atoms with Crippen LogP contribution < -0.4 is 5.73 Å². The minimum absolute atomic E-state index is 0.293. The fourth-order valence-corrected chi connectivity index (χ4v) is 2.93. The Morgan fingerprint density at radius 3 is 2.20 bits per heavy atom. The SMILES string of the molecule is Cc1cc(C)c(CSCC(C)N)c(C)c1.